The summed E-state index contributed by atoms with van der Waals surface area (Å²) >= 11 is 0. The Balaban J connectivity index is 1.69. The molecule has 2 N–H and O–H groups in total. The fourth-order valence-electron chi connectivity index (χ4n) is 2.22. The van der Waals surface area contributed by atoms with Crippen molar-refractivity contribution < 1.29 is 0 Å². The van der Waals surface area contributed by atoms with Crippen molar-refractivity contribution in [3.05, 3.63) is 82.2 Å². The molecule has 0 aliphatic carbocycles. The Morgan fingerprint density at radius 1 is 1.04 bits per heavy atom. The van der Waals surface area contributed by atoms with Crippen molar-refractivity contribution in [2.45, 2.75) is 6.92 Å². The summed E-state index contributed by atoms with van der Waals surface area (Å²) in [6.45, 7) is 1.94. The molecule has 6 nitrogen and oxygen atoms in total. The minimum atomic E-state index is -0.324. The molecule has 0 aliphatic heterocycles. The highest BCUT2D eigenvalue weighted by atomic mass is 16.1. The zero-order valence-electron chi connectivity index (χ0n) is 13.7. The number of rotatable bonds is 5. The Bertz CT molecular complexity index is 946. The number of hydrogen-bond acceptors (Lipinski definition) is 5. The Morgan fingerprint density at radius 3 is 2.40 bits per heavy atom. The van der Waals surface area contributed by atoms with Gasteiger partial charge in [0, 0.05) is 5.56 Å². The van der Waals surface area contributed by atoms with E-state index in [2.05, 4.69) is 25.7 Å². The lowest BCUT2D eigenvalue weighted by Gasteiger charge is -2.01. The van der Waals surface area contributed by atoms with Gasteiger partial charge in [-0.2, -0.15) is 5.10 Å². The Kier molecular flexibility index (Phi) is 5.11. The molecule has 0 bridgehead atoms. The van der Waals surface area contributed by atoms with Crippen LogP contribution >= 0.6 is 0 Å². The summed E-state index contributed by atoms with van der Waals surface area (Å²) in [6.07, 6.45) is 3.65. The van der Waals surface area contributed by atoms with Crippen LogP contribution in [0.5, 0.6) is 0 Å². The van der Waals surface area contributed by atoms with Crippen molar-refractivity contribution in [3.8, 4) is 11.3 Å². The molecule has 1 aromatic heterocycles. The van der Waals surface area contributed by atoms with Crippen LogP contribution in [0.15, 0.2) is 76.1 Å². The third-order valence-electron chi connectivity index (χ3n) is 3.38. The standard InChI is InChI=1S/C19H17N5O/c1-14(12-15-8-4-2-5-9-15)13-20-23-19-21-18(25)17(22-24-19)16-10-6-3-7-11-16/h2-13H,1H3,(H2,21,23,24,25)/b14-12+,20-13-. The van der Waals surface area contributed by atoms with Crippen molar-refractivity contribution in [3.63, 3.8) is 0 Å². The third-order valence-corrected chi connectivity index (χ3v) is 3.38. The maximum atomic E-state index is 12.1. The number of aromatic amines is 1. The molecule has 0 spiro atoms. The summed E-state index contributed by atoms with van der Waals surface area (Å²) in [5.74, 6) is 0.188. The average Bonchev–Trinajstić information content (AvgIpc) is 2.63. The van der Waals surface area contributed by atoms with Crippen LogP contribution in [0.1, 0.15) is 12.5 Å². The van der Waals surface area contributed by atoms with Crippen molar-refractivity contribution in [2.75, 3.05) is 5.43 Å². The predicted octanol–water partition coefficient (Wildman–Crippen LogP) is 3.33. The Labute approximate surface area is 145 Å². The number of hydrazone groups is 1. The molecule has 0 saturated heterocycles. The van der Waals surface area contributed by atoms with Crippen LogP contribution in [0, 0.1) is 0 Å². The highest BCUT2D eigenvalue weighted by Crippen LogP contribution is 2.10. The van der Waals surface area contributed by atoms with E-state index >= 15 is 0 Å². The summed E-state index contributed by atoms with van der Waals surface area (Å²) < 4.78 is 0. The molecule has 0 radical (unpaired) electrons. The first-order valence-corrected chi connectivity index (χ1v) is 7.77. The Hall–Kier alpha value is -3.54. The first-order chi connectivity index (χ1) is 12.2. The molecule has 6 heteroatoms. The third kappa shape index (κ3) is 4.48. The molecule has 0 aliphatic rings. The molecule has 1 heterocycles. The van der Waals surface area contributed by atoms with Crippen LogP contribution in [-0.2, 0) is 0 Å². The van der Waals surface area contributed by atoms with E-state index in [0.29, 0.717) is 5.56 Å². The summed E-state index contributed by atoms with van der Waals surface area (Å²) in [6, 6.07) is 19.1. The highest BCUT2D eigenvalue weighted by molar-refractivity contribution is 5.85. The number of allylic oxidation sites excluding steroid dienone is 1. The number of anilines is 1. The maximum Gasteiger partial charge on any atom is 0.279 e. The number of hydrogen-bond donors (Lipinski definition) is 2. The predicted molar refractivity (Wildman–Crippen MR) is 100 cm³/mol. The zero-order valence-corrected chi connectivity index (χ0v) is 13.7. The van der Waals surface area contributed by atoms with E-state index in [1.807, 2.05) is 73.7 Å². The minimum absolute atomic E-state index is 0.188. The van der Waals surface area contributed by atoms with Crippen LogP contribution < -0.4 is 11.0 Å². The van der Waals surface area contributed by atoms with Crippen LogP contribution in [0.2, 0.25) is 0 Å². The Morgan fingerprint density at radius 2 is 1.72 bits per heavy atom. The van der Waals surface area contributed by atoms with Gasteiger partial charge in [-0.15, -0.1) is 10.2 Å². The monoisotopic (exact) mass is 331 g/mol. The fourth-order valence-corrected chi connectivity index (χ4v) is 2.22. The van der Waals surface area contributed by atoms with E-state index < -0.39 is 0 Å². The van der Waals surface area contributed by atoms with Crippen molar-refractivity contribution in [1.82, 2.24) is 15.2 Å². The smallest absolute Gasteiger partial charge is 0.279 e. The largest absolute Gasteiger partial charge is 0.288 e. The summed E-state index contributed by atoms with van der Waals surface area (Å²) in [5, 5.41) is 12.0. The molecule has 25 heavy (non-hydrogen) atoms. The molecular formula is C19H17N5O. The highest BCUT2D eigenvalue weighted by Gasteiger charge is 2.06. The molecule has 0 saturated carbocycles. The van der Waals surface area contributed by atoms with Crippen LogP contribution in [0.4, 0.5) is 5.95 Å². The molecule has 3 rings (SSSR count). The van der Waals surface area contributed by atoms with E-state index in [0.717, 1.165) is 11.1 Å². The maximum absolute atomic E-state index is 12.1. The van der Waals surface area contributed by atoms with Gasteiger partial charge in [0.05, 0.1) is 6.21 Å². The number of aromatic nitrogens is 3. The van der Waals surface area contributed by atoms with Crippen molar-refractivity contribution >= 4 is 18.2 Å². The van der Waals surface area contributed by atoms with Gasteiger partial charge in [0.25, 0.3) is 5.56 Å². The van der Waals surface area contributed by atoms with Crippen molar-refractivity contribution in [2.24, 2.45) is 5.10 Å². The van der Waals surface area contributed by atoms with E-state index in [1.165, 1.54) is 0 Å². The molecule has 124 valence electrons. The van der Waals surface area contributed by atoms with Gasteiger partial charge < -0.3 is 0 Å². The molecular weight excluding hydrogens is 314 g/mol. The molecule has 0 fully saturated rings. The lowest BCUT2D eigenvalue weighted by atomic mass is 10.1. The molecule has 2 aromatic carbocycles. The minimum Gasteiger partial charge on any atom is -0.288 e. The first-order valence-electron chi connectivity index (χ1n) is 7.77. The SMILES string of the molecule is CC(/C=N\Nc1nnc(-c2ccccc2)c(=O)[nH]1)=C\c1ccccc1. The van der Waals surface area contributed by atoms with Gasteiger partial charge in [0.1, 0.15) is 0 Å². The number of nitrogens with zero attached hydrogens (tertiary/aromatic N) is 3. The number of nitrogens with one attached hydrogen (secondary N) is 2. The van der Waals surface area contributed by atoms with Crippen LogP contribution in [-0.4, -0.2) is 21.4 Å². The van der Waals surface area contributed by atoms with Gasteiger partial charge in [0.15, 0.2) is 5.69 Å². The lowest BCUT2D eigenvalue weighted by Crippen LogP contribution is -2.15. The normalized spacial score (nSPS) is 11.6. The van der Waals surface area contributed by atoms with Gasteiger partial charge in [-0.05, 0) is 18.1 Å². The molecule has 0 atom stereocenters. The van der Waals surface area contributed by atoms with E-state index in [1.54, 1.807) is 6.21 Å². The second-order valence-electron chi connectivity index (χ2n) is 5.39. The number of H-pyrrole nitrogens is 1. The summed E-state index contributed by atoms with van der Waals surface area (Å²) in [4.78, 5) is 14.7. The average molecular weight is 331 g/mol. The van der Waals surface area contributed by atoms with Gasteiger partial charge in [-0.1, -0.05) is 66.7 Å². The van der Waals surface area contributed by atoms with Gasteiger partial charge in [0.2, 0.25) is 5.95 Å². The second-order valence-corrected chi connectivity index (χ2v) is 5.39. The van der Waals surface area contributed by atoms with Crippen LogP contribution in [0.25, 0.3) is 17.3 Å². The topological polar surface area (TPSA) is 83.0 Å². The molecule has 3 aromatic rings. The lowest BCUT2D eigenvalue weighted by molar-refractivity contribution is 0.947. The second kappa shape index (κ2) is 7.83. The fraction of sp³-hybridized carbons (Fsp3) is 0.0526. The summed E-state index contributed by atoms with van der Waals surface area (Å²) in [7, 11) is 0. The molecule has 0 unspecified atom stereocenters. The quantitative estimate of drug-likeness (QED) is 0.555. The molecule has 0 amide bonds. The zero-order chi connectivity index (χ0) is 17.5. The van der Waals surface area contributed by atoms with Gasteiger partial charge in [-0.3, -0.25) is 9.78 Å². The van der Waals surface area contributed by atoms with E-state index in [4.69, 9.17) is 0 Å². The van der Waals surface area contributed by atoms with E-state index in [-0.39, 0.29) is 17.2 Å². The first kappa shape index (κ1) is 16.3. The van der Waals surface area contributed by atoms with Gasteiger partial charge >= 0.3 is 0 Å². The van der Waals surface area contributed by atoms with E-state index in [9.17, 15) is 4.79 Å². The number of benzene rings is 2. The van der Waals surface area contributed by atoms with Crippen molar-refractivity contribution in [1.29, 1.82) is 0 Å². The van der Waals surface area contributed by atoms with Gasteiger partial charge in [-0.25, -0.2) is 5.43 Å². The summed E-state index contributed by atoms with van der Waals surface area (Å²) in [5.41, 5.74) is 5.39. The van der Waals surface area contributed by atoms with Crippen LogP contribution in [0.3, 0.4) is 0 Å².